The number of likely N-dealkylation sites (tertiary alicyclic amines) is 1. The first-order valence-electron chi connectivity index (χ1n) is 16.4. The first kappa shape index (κ1) is 30.3. The fourth-order valence-corrected chi connectivity index (χ4v) is 6.81. The minimum absolute atomic E-state index is 0.132. The van der Waals surface area contributed by atoms with Gasteiger partial charge in [-0.15, -0.1) is 0 Å². The highest BCUT2D eigenvalue weighted by Gasteiger charge is 2.25. The molecule has 10 heteroatoms. The second kappa shape index (κ2) is 12.5. The minimum atomic E-state index is -0.268. The molecule has 0 atom stereocenters. The van der Waals surface area contributed by atoms with E-state index in [1.165, 1.54) is 5.56 Å². The van der Waals surface area contributed by atoms with E-state index in [4.69, 9.17) is 9.72 Å². The van der Waals surface area contributed by atoms with Gasteiger partial charge in [0.25, 0.3) is 0 Å². The maximum absolute atomic E-state index is 13.7. The first-order chi connectivity index (χ1) is 23.9. The van der Waals surface area contributed by atoms with Crippen LogP contribution in [-0.4, -0.2) is 53.0 Å². The fraction of sp³-hybridized carbons (Fsp3) is 0.205. The van der Waals surface area contributed by atoms with Gasteiger partial charge in [-0.1, -0.05) is 54.6 Å². The molecule has 49 heavy (non-hydrogen) atoms. The van der Waals surface area contributed by atoms with E-state index in [9.17, 15) is 9.59 Å². The monoisotopic (exact) mass is 649 g/mol. The number of piperidine rings is 1. The number of fused-ring (bicyclic) bond motifs is 3. The van der Waals surface area contributed by atoms with E-state index in [0.717, 1.165) is 68.4 Å². The summed E-state index contributed by atoms with van der Waals surface area (Å²) >= 11 is 0. The van der Waals surface area contributed by atoms with E-state index >= 15 is 0 Å². The number of ether oxygens (including phenoxy) is 1. The van der Waals surface area contributed by atoms with Crippen molar-refractivity contribution in [2.24, 2.45) is 14.1 Å². The molecule has 0 aliphatic carbocycles. The highest BCUT2D eigenvalue weighted by Crippen LogP contribution is 2.32. The number of hydrogen-bond acceptors (Lipinski definition) is 6. The smallest absolute Gasteiger partial charge is 0.410 e. The predicted octanol–water partition coefficient (Wildman–Crippen LogP) is 6.86. The number of aromatic nitrogens is 6. The normalized spacial score (nSPS) is 13.7. The molecule has 244 valence electrons. The summed E-state index contributed by atoms with van der Waals surface area (Å²) in [6.07, 6.45) is 8.82. The van der Waals surface area contributed by atoms with Crippen molar-refractivity contribution in [3.63, 3.8) is 0 Å². The van der Waals surface area contributed by atoms with Crippen LogP contribution in [-0.2, 0) is 25.4 Å². The minimum Gasteiger partial charge on any atom is -0.445 e. The molecule has 7 aromatic rings. The van der Waals surface area contributed by atoms with E-state index in [-0.39, 0.29) is 18.4 Å². The van der Waals surface area contributed by atoms with Crippen LogP contribution in [0.4, 0.5) is 4.79 Å². The Morgan fingerprint density at radius 2 is 1.61 bits per heavy atom. The predicted molar refractivity (Wildman–Crippen MR) is 189 cm³/mol. The molecule has 4 aromatic heterocycles. The molecule has 0 unspecified atom stereocenters. The van der Waals surface area contributed by atoms with Crippen LogP contribution >= 0.6 is 0 Å². The van der Waals surface area contributed by atoms with Gasteiger partial charge in [-0.2, -0.15) is 5.10 Å². The Morgan fingerprint density at radius 1 is 0.837 bits per heavy atom. The van der Waals surface area contributed by atoms with Gasteiger partial charge >= 0.3 is 11.8 Å². The summed E-state index contributed by atoms with van der Waals surface area (Å²) in [5, 5.41) is 5.14. The topological polar surface area (TPSA) is 100 Å². The van der Waals surface area contributed by atoms with Crippen LogP contribution in [0.2, 0.25) is 0 Å². The van der Waals surface area contributed by atoms with Crippen LogP contribution < -0.4 is 5.69 Å². The molecule has 1 saturated heterocycles. The second-order valence-corrected chi connectivity index (χ2v) is 12.6. The Morgan fingerprint density at radius 3 is 2.33 bits per heavy atom. The molecule has 0 spiro atoms. The number of nitrogens with zero attached hydrogens (tertiary/aromatic N) is 7. The van der Waals surface area contributed by atoms with Gasteiger partial charge in [0.15, 0.2) is 0 Å². The third-order valence-corrected chi connectivity index (χ3v) is 9.56. The van der Waals surface area contributed by atoms with Crippen LogP contribution in [0.5, 0.6) is 0 Å². The third-order valence-electron chi connectivity index (χ3n) is 9.56. The molecule has 10 nitrogen and oxygen atoms in total. The largest absolute Gasteiger partial charge is 0.445 e. The average Bonchev–Trinajstić information content (AvgIpc) is 3.70. The van der Waals surface area contributed by atoms with E-state index in [1.807, 2.05) is 80.1 Å². The number of rotatable bonds is 6. The molecule has 0 saturated carbocycles. The Balaban J connectivity index is 1.04. The summed E-state index contributed by atoms with van der Waals surface area (Å²) in [6, 6.07) is 28.2. The summed E-state index contributed by atoms with van der Waals surface area (Å²) < 4.78 is 10.7. The molecule has 1 amide bonds. The Hall–Kier alpha value is -6.03. The van der Waals surface area contributed by atoms with Gasteiger partial charge < -0.3 is 9.64 Å². The van der Waals surface area contributed by atoms with E-state index < -0.39 is 0 Å². The molecule has 0 N–H and O–H groups in total. The molecule has 0 bridgehead atoms. The Kier molecular flexibility index (Phi) is 7.75. The van der Waals surface area contributed by atoms with E-state index in [2.05, 4.69) is 34.3 Å². The maximum atomic E-state index is 13.7. The van der Waals surface area contributed by atoms with Gasteiger partial charge in [0.05, 0.1) is 40.3 Å². The molecule has 8 rings (SSSR count). The van der Waals surface area contributed by atoms with Gasteiger partial charge in [-0.05, 0) is 65.8 Å². The van der Waals surface area contributed by atoms with Crippen LogP contribution in [0.15, 0.2) is 115 Å². The molecular formula is C39H35N7O3. The van der Waals surface area contributed by atoms with E-state index in [0.29, 0.717) is 19.0 Å². The first-order valence-corrected chi connectivity index (χ1v) is 16.4. The molecule has 1 aliphatic rings. The number of carbonyl (C=O) groups excluding carboxylic acids is 1. The van der Waals surface area contributed by atoms with Crippen molar-refractivity contribution in [2.75, 3.05) is 13.1 Å². The van der Waals surface area contributed by atoms with Crippen LogP contribution in [0.1, 0.15) is 29.9 Å². The fourth-order valence-electron chi connectivity index (χ4n) is 6.81. The quantitative estimate of drug-likeness (QED) is 0.195. The van der Waals surface area contributed by atoms with Crippen molar-refractivity contribution in [1.82, 2.24) is 33.8 Å². The molecule has 3 aromatic carbocycles. The lowest BCUT2D eigenvalue weighted by atomic mass is 9.89. The molecule has 1 fully saturated rings. The van der Waals surface area contributed by atoms with Gasteiger partial charge in [-0.3, -0.25) is 23.8 Å². The lowest BCUT2D eigenvalue weighted by Gasteiger charge is -2.31. The van der Waals surface area contributed by atoms with Crippen LogP contribution in [0.25, 0.3) is 50.0 Å². The van der Waals surface area contributed by atoms with Gasteiger partial charge in [-0.25, -0.2) is 9.59 Å². The standard InChI is InChI=1S/C39H35N7O3/c1-43-24-31(22-42-43)34-14-11-30(21-40-34)29-10-15-35-33(20-29)37-36(23-41-35)44(2)38(47)46(37)32-12-8-27(9-13-32)28-16-18-45(19-17-28)39(48)49-25-26-6-4-3-5-7-26/h3-15,20-24,28H,16-19,25H2,1-2H3. The lowest BCUT2D eigenvalue weighted by molar-refractivity contribution is 0.0870. The zero-order chi connectivity index (χ0) is 33.5. The van der Waals surface area contributed by atoms with Crippen molar-refractivity contribution in [3.05, 3.63) is 131 Å². The number of benzene rings is 3. The summed E-state index contributed by atoms with van der Waals surface area (Å²) in [5.41, 5.74) is 8.99. The number of amides is 1. The summed E-state index contributed by atoms with van der Waals surface area (Å²) in [7, 11) is 3.67. The highest BCUT2D eigenvalue weighted by atomic mass is 16.6. The second-order valence-electron chi connectivity index (χ2n) is 12.6. The maximum Gasteiger partial charge on any atom is 0.410 e. The SMILES string of the molecule is Cn1cc(-c2ccc(-c3ccc4ncc5c(c4c3)n(-c3ccc(C4CCN(C(=O)OCc6ccccc6)CC4)cc3)c(=O)n5C)cn2)cn1. The Bertz CT molecular complexity index is 2350. The summed E-state index contributed by atoms with van der Waals surface area (Å²) in [6.45, 7) is 1.57. The van der Waals surface area contributed by atoms with Crippen molar-refractivity contribution < 1.29 is 9.53 Å². The van der Waals surface area contributed by atoms with Gasteiger partial charge in [0, 0.05) is 56.1 Å². The zero-order valence-electron chi connectivity index (χ0n) is 27.4. The number of hydrogen-bond donors (Lipinski definition) is 0. The van der Waals surface area contributed by atoms with Gasteiger partial charge in [0.2, 0.25) is 0 Å². The van der Waals surface area contributed by atoms with E-state index in [1.54, 1.807) is 38.2 Å². The van der Waals surface area contributed by atoms with Crippen molar-refractivity contribution in [1.29, 1.82) is 0 Å². The van der Waals surface area contributed by atoms with Gasteiger partial charge in [0.1, 0.15) is 6.61 Å². The number of aryl methyl sites for hydroxylation is 2. The Labute approximate surface area is 282 Å². The number of pyridine rings is 2. The molecular weight excluding hydrogens is 614 g/mol. The van der Waals surface area contributed by atoms with Crippen molar-refractivity contribution in [3.8, 4) is 28.1 Å². The van der Waals surface area contributed by atoms with Crippen LogP contribution in [0, 0.1) is 0 Å². The number of imidazole rings is 1. The third kappa shape index (κ3) is 5.75. The summed E-state index contributed by atoms with van der Waals surface area (Å²) in [4.78, 5) is 37.6. The molecule has 5 heterocycles. The van der Waals surface area contributed by atoms with Crippen molar-refractivity contribution in [2.45, 2.75) is 25.4 Å². The average molecular weight is 650 g/mol. The summed E-state index contributed by atoms with van der Waals surface area (Å²) in [5.74, 6) is 0.321. The zero-order valence-corrected chi connectivity index (χ0v) is 27.4. The van der Waals surface area contributed by atoms with Crippen molar-refractivity contribution >= 4 is 28.0 Å². The number of carbonyl (C=O) groups is 1. The highest BCUT2D eigenvalue weighted by molar-refractivity contribution is 6.04. The molecule has 0 radical (unpaired) electrons. The lowest BCUT2D eigenvalue weighted by Crippen LogP contribution is -2.38. The molecule has 1 aliphatic heterocycles. The van der Waals surface area contributed by atoms with Crippen LogP contribution in [0.3, 0.4) is 0 Å².